The van der Waals surface area contributed by atoms with Crippen LogP contribution in [0.3, 0.4) is 0 Å². The van der Waals surface area contributed by atoms with E-state index in [1.807, 2.05) is 13.0 Å². The van der Waals surface area contributed by atoms with Gasteiger partial charge in [0.15, 0.2) is 0 Å². The molecule has 3 nitrogen and oxygen atoms in total. The highest BCUT2D eigenvalue weighted by atomic mass is 16.5. The molecule has 1 aliphatic rings. The molecule has 2 rings (SSSR count). The number of nitrogens with zero attached hydrogens (tertiary/aromatic N) is 1. The zero-order valence-electron chi connectivity index (χ0n) is 8.42. The summed E-state index contributed by atoms with van der Waals surface area (Å²) in [5.41, 5.74) is 2.41. The van der Waals surface area contributed by atoms with Crippen LogP contribution in [0.4, 0.5) is 0 Å². The van der Waals surface area contributed by atoms with Gasteiger partial charge in [0.2, 0.25) is 0 Å². The molecule has 0 bridgehead atoms. The van der Waals surface area contributed by atoms with E-state index in [2.05, 4.69) is 16.5 Å². The number of ether oxygens (including phenoxy) is 1. The fourth-order valence-corrected chi connectivity index (χ4v) is 1.68. The van der Waals surface area contributed by atoms with Gasteiger partial charge < -0.3 is 10.1 Å². The highest BCUT2D eigenvalue weighted by Crippen LogP contribution is 2.10. The predicted octanol–water partition coefficient (Wildman–Crippen LogP) is 0.721. The number of aryl methyl sites for hydroxylation is 1. The first-order valence-electron chi connectivity index (χ1n) is 5.01. The lowest BCUT2D eigenvalue weighted by Crippen LogP contribution is -2.39. The van der Waals surface area contributed by atoms with Crippen LogP contribution < -0.4 is 5.32 Å². The molecule has 0 amide bonds. The van der Waals surface area contributed by atoms with Gasteiger partial charge in [0.05, 0.1) is 18.9 Å². The van der Waals surface area contributed by atoms with Gasteiger partial charge in [-0.3, -0.25) is 4.98 Å². The Morgan fingerprint density at radius 1 is 1.71 bits per heavy atom. The highest BCUT2D eigenvalue weighted by molar-refractivity contribution is 5.21. The Labute approximate surface area is 84.5 Å². The van der Waals surface area contributed by atoms with Crippen molar-refractivity contribution in [1.82, 2.24) is 10.3 Å². The van der Waals surface area contributed by atoms with Gasteiger partial charge >= 0.3 is 0 Å². The van der Waals surface area contributed by atoms with Crippen molar-refractivity contribution in [2.45, 2.75) is 19.4 Å². The summed E-state index contributed by atoms with van der Waals surface area (Å²) < 4.78 is 5.64. The molecule has 1 aliphatic heterocycles. The molecule has 1 atom stereocenters. The maximum atomic E-state index is 5.64. The zero-order valence-corrected chi connectivity index (χ0v) is 8.42. The van der Waals surface area contributed by atoms with Crippen molar-refractivity contribution in [2.24, 2.45) is 0 Å². The quantitative estimate of drug-likeness (QED) is 0.748. The van der Waals surface area contributed by atoms with E-state index in [1.54, 1.807) is 6.20 Å². The lowest BCUT2D eigenvalue weighted by Gasteiger charge is -2.24. The molecule has 1 fully saturated rings. The molecular weight excluding hydrogens is 176 g/mol. The second-order valence-corrected chi connectivity index (χ2v) is 3.61. The van der Waals surface area contributed by atoms with Crippen LogP contribution in [0.25, 0.3) is 0 Å². The molecule has 1 saturated heterocycles. The first-order valence-corrected chi connectivity index (χ1v) is 5.01. The Bertz CT molecular complexity index is 295. The molecule has 0 saturated carbocycles. The Kier molecular flexibility index (Phi) is 3.11. The normalized spacial score (nSPS) is 22.2. The zero-order chi connectivity index (χ0) is 9.80. The second-order valence-electron chi connectivity index (χ2n) is 3.61. The van der Waals surface area contributed by atoms with E-state index in [-0.39, 0.29) is 0 Å². The van der Waals surface area contributed by atoms with Gasteiger partial charge in [-0.05, 0) is 24.1 Å². The minimum atomic E-state index is 0.304. The number of hydrogen-bond donors (Lipinski definition) is 1. The SMILES string of the molecule is Cc1[c]nccc1CC1CNCCO1. The summed E-state index contributed by atoms with van der Waals surface area (Å²) in [5, 5.41) is 3.32. The van der Waals surface area contributed by atoms with Crippen LogP contribution in [0.15, 0.2) is 12.3 Å². The number of hydrogen-bond acceptors (Lipinski definition) is 3. The third-order valence-corrected chi connectivity index (χ3v) is 2.52. The van der Waals surface area contributed by atoms with Gasteiger partial charge in [-0.25, -0.2) is 0 Å². The highest BCUT2D eigenvalue weighted by Gasteiger charge is 2.14. The molecule has 1 radical (unpaired) electrons. The van der Waals surface area contributed by atoms with E-state index < -0.39 is 0 Å². The summed E-state index contributed by atoms with van der Waals surface area (Å²) >= 11 is 0. The topological polar surface area (TPSA) is 34.2 Å². The first-order chi connectivity index (χ1) is 6.86. The maximum absolute atomic E-state index is 5.64. The lowest BCUT2D eigenvalue weighted by atomic mass is 10.0. The van der Waals surface area contributed by atoms with Crippen LogP contribution in [-0.4, -0.2) is 30.8 Å². The van der Waals surface area contributed by atoms with Crippen molar-refractivity contribution in [3.8, 4) is 0 Å². The minimum absolute atomic E-state index is 0.304. The van der Waals surface area contributed by atoms with Crippen molar-refractivity contribution < 1.29 is 4.74 Å². The van der Waals surface area contributed by atoms with E-state index >= 15 is 0 Å². The third kappa shape index (κ3) is 2.30. The average molecular weight is 191 g/mol. The molecule has 75 valence electrons. The number of pyridine rings is 1. The molecule has 1 aromatic rings. The monoisotopic (exact) mass is 191 g/mol. The Morgan fingerprint density at radius 3 is 3.36 bits per heavy atom. The van der Waals surface area contributed by atoms with Crippen molar-refractivity contribution in [1.29, 1.82) is 0 Å². The van der Waals surface area contributed by atoms with Gasteiger partial charge in [0, 0.05) is 25.7 Å². The number of rotatable bonds is 2. The van der Waals surface area contributed by atoms with E-state index in [1.165, 1.54) is 5.56 Å². The number of nitrogens with one attached hydrogen (secondary N) is 1. The van der Waals surface area contributed by atoms with Crippen molar-refractivity contribution in [3.05, 3.63) is 29.6 Å². The van der Waals surface area contributed by atoms with Crippen LogP contribution in [0, 0.1) is 13.1 Å². The Morgan fingerprint density at radius 2 is 2.64 bits per heavy atom. The summed E-state index contributed by atoms with van der Waals surface area (Å²) in [6.45, 7) is 4.77. The molecule has 1 N–H and O–H groups in total. The van der Waals surface area contributed by atoms with Crippen molar-refractivity contribution >= 4 is 0 Å². The van der Waals surface area contributed by atoms with Gasteiger partial charge in [-0.1, -0.05) is 0 Å². The first kappa shape index (κ1) is 9.62. The van der Waals surface area contributed by atoms with Gasteiger partial charge in [0.25, 0.3) is 0 Å². The molecule has 3 heteroatoms. The number of aromatic nitrogens is 1. The number of morpholine rings is 1. The molecule has 2 heterocycles. The van der Waals surface area contributed by atoms with Gasteiger partial charge in [0.1, 0.15) is 0 Å². The van der Waals surface area contributed by atoms with E-state index in [4.69, 9.17) is 4.74 Å². The smallest absolute Gasteiger partial charge is 0.0920 e. The van der Waals surface area contributed by atoms with E-state index in [0.717, 1.165) is 31.7 Å². The molecule has 1 unspecified atom stereocenters. The average Bonchev–Trinajstić information content (AvgIpc) is 2.23. The molecule has 0 aliphatic carbocycles. The predicted molar refractivity (Wildman–Crippen MR) is 54.1 cm³/mol. The fourth-order valence-electron chi connectivity index (χ4n) is 1.68. The van der Waals surface area contributed by atoms with Gasteiger partial charge in [-0.2, -0.15) is 0 Å². The minimum Gasteiger partial charge on any atom is -0.375 e. The summed E-state index contributed by atoms with van der Waals surface area (Å²) in [7, 11) is 0. The van der Waals surface area contributed by atoms with Crippen LogP contribution in [0.2, 0.25) is 0 Å². The molecule has 1 aromatic heterocycles. The fraction of sp³-hybridized carbons (Fsp3) is 0.545. The van der Waals surface area contributed by atoms with Crippen molar-refractivity contribution in [2.75, 3.05) is 19.7 Å². The van der Waals surface area contributed by atoms with Crippen LogP contribution in [-0.2, 0) is 11.2 Å². The lowest BCUT2D eigenvalue weighted by molar-refractivity contribution is 0.0291. The van der Waals surface area contributed by atoms with Crippen molar-refractivity contribution in [3.63, 3.8) is 0 Å². The second kappa shape index (κ2) is 4.53. The van der Waals surface area contributed by atoms with Crippen LogP contribution in [0.1, 0.15) is 11.1 Å². The van der Waals surface area contributed by atoms with Crippen LogP contribution >= 0.6 is 0 Å². The largest absolute Gasteiger partial charge is 0.375 e. The third-order valence-electron chi connectivity index (χ3n) is 2.52. The summed E-state index contributed by atoms with van der Waals surface area (Å²) in [6.07, 6.45) is 6.01. The molecule has 0 spiro atoms. The maximum Gasteiger partial charge on any atom is 0.0920 e. The standard InChI is InChI=1S/C11H15N2O/c1-9-7-12-3-2-10(9)6-11-8-13-4-5-14-11/h2-3,11,13H,4-6,8H2,1H3. The van der Waals surface area contributed by atoms with Crippen LogP contribution in [0.5, 0.6) is 0 Å². The van der Waals surface area contributed by atoms with Gasteiger partial charge in [-0.15, -0.1) is 0 Å². The summed E-state index contributed by atoms with van der Waals surface area (Å²) in [6, 6.07) is 2.05. The summed E-state index contributed by atoms with van der Waals surface area (Å²) in [4.78, 5) is 3.96. The molecular formula is C11H15N2O. The Balaban J connectivity index is 1.99. The van der Waals surface area contributed by atoms with E-state index in [9.17, 15) is 0 Å². The Hall–Kier alpha value is -0.930. The summed E-state index contributed by atoms with van der Waals surface area (Å²) in [5.74, 6) is 0. The molecule has 0 aromatic carbocycles. The molecule has 14 heavy (non-hydrogen) atoms. The van der Waals surface area contributed by atoms with E-state index in [0.29, 0.717) is 6.10 Å².